The molecule has 2 saturated heterocycles. The van der Waals surface area contributed by atoms with E-state index >= 15 is 0 Å². The molecule has 0 unspecified atom stereocenters. The lowest BCUT2D eigenvalue weighted by Crippen LogP contribution is -2.53. The monoisotopic (exact) mass is 448 g/mol. The second kappa shape index (κ2) is 9.45. The zero-order valence-corrected chi connectivity index (χ0v) is 18.8. The van der Waals surface area contributed by atoms with E-state index in [2.05, 4.69) is 23.3 Å². The number of fused-ring (bicyclic) bond motifs is 1. The van der Waals surface area contributed by atoms with Gasteiger partial charge in [0.1, 0.15) is 11.5 Å². The van der Waals surface area contributed by atoms with Gasteiger partial charge < -0.3 is 19.5 Å². The molecule has 2 fully saturated rings. The highest BCUT2D eigenvalue weighted by molar-refractivity contribution is 5.92. The number of hydrogen-bond donors (Lipinski definition) is 1. The summed E-state index contributed by atoms with van der Waals surface area (Å²) in [5, 5.41) is 3.52. The van der Waals surface area contributed by atoms with E-state index < -0.39 is 0 Å². The van der Waals surface area contributed by atoms with E-state index in [1.54, 1.807) is 24.7 Å². The van der Waals surface area contributed by atoms with Crippen LogP contribution in [0.5, 0.6) is 0 Å². The van der Waals surface area contributed by atoms with Crippen molar-refractivity contribution in [2.24, 2.45) is 0 Å². The molecule has 2 aliphatic rings. The van der Waals surface area contributed by atoms with Crippen LogP contribution in [0, 0.1) is 5.82 Å². The second-order valence-corrected chi connectivity index (χ2v) is 8.82. The maximum atomic E-state index is 13.6. The second-order valence-electron chi connectivity index (χ2n) is 8.82. The number of likely N-dealkylation sites (tertiary alicyclic amines) is 1. The van der Waals surface area contributed by atoms with Crippen LogP contribution >= 0.6 is 0 Å². The van der Waals surface area contributed by atoms with Gasteiger partial charge in [0, 0.05) is 19.6 Å². The average Bonchev–Trinajstić information content (AvgIpc) is 3.23. The van der Waals surface area contributed by atoms with Gasteiger partial charge in [0.05, 0.1) is 37.3 Å². The molecule has 2 aliphatic heterocycles. The minimum Gasteiger partial charge on any atom is -0.375 e. The Morgan fingerprint density at radius 2 is 2.03 bits per heavy atom. The van der Waals surface area contributed by atoms with Gasteiger partial charge in [0.15, 0.2) is 0 Å². The summed E-state index contributed by atoms with van der Waals surface area (Å²) in [6.45, 7) is 4.96. The molecule has 1 amide bonds. The fourth-order valence-electron chi connectivity index (χ4n) is 5.01. The first kappa shape index (κ1) is 21.8. The number of carbonyl (C=O) groups is 1. The molecule has 2 aromatic carbocycles. The molecule has 1 N–H and O–H groups in total. The van der Waals surface area contributed by atoms with Crippen molar-refractivity contribution in [3.63, 3.8) is 0 Å². The number of benzene rings is 2. The zero-order chi connectivity index (χ0) is 22.8. The summed E-state index contributed by atoms with van der Waals surface area (Å²) in [6, 6.07) is 14.6. The molecule has 3 heterocycles. The molecule has 0 aliphatic carbocycles. The third-order valence-electron chi connectivity index (χ3n) is 6.78. The predicted octanol–water partition coefficient (Wildman–Crippen LogP) is 3.89. The fourth-order valence-corrected chi connectivity index (χ4v) is 5.01. The van der Waals surface area contributed by atoms with Crippen LogP contribution in [0.1, 0.15) is 41.9 Å². The summed E-state index contributed by atoms with van der Waals surface area (Å²) in [4.78, 5) is 19.9. The van der Waals surface area contributed by atoms with Crippen molar-refractivity contribution >= 4 is 5.91 Å². The first-order valence-corrected chi connectivity index (χ1v) is 11.6. The van der Waals surface area contributed by atoms with E-state index in [0.717, 1.165) is 42.7 Å². The Balaban J connectivity index is 1.42. The van der Waals surface area contributed by atoms with Crippen LogP contribution < -0.4 is 5.32 Å². The number of nitrogens with one attached hydrogen (secondary N) is 1. The Bertz CT molecular complexity index is 1110. The number of ether oxygens (including phenoxy) is 1. The van der Waals surface area contributed by atoms with Gasteiger partial charge in [-0.3, -0.25) is 4.79 Å². The van der Waals surface area contributed by atoms with Gasteiger partial charge >= 0.3 is 0 Å². The SMILES string of the molecule is C[C@@H](c1ccccc1-c1ccc(F)cc1)n1cncc1C(=O)N1CCC[C@H]2OCCN[C@@H]2C1. The molecular weight excluding hydrogens is 419 g/mol. The van der Waals surface area contributed by atoms with Crippen molar-refractivity contribution in [3.05, 3.63) is 78.1 Å². The van der Waals surface area contributed by atoms with Gasteiger partial charge in [-0.25, -0.2) is 9.37 Å². The fraction of sp³-hybridized carbons (Fsp3) is 0.385. The van der Waals surface area contributed by atoms with E-state index in [0.29, 0.717) is 18.8 Å². The minimum atomic E-state index is -0.260. The van der Waals surface area contributed by atoms with Crippen LogP contribution in [0.3, 0.4) is 0 Å². The molecule has 6 nitrogen and oxygen atoms in total. The van der Waals surface area contributed by atoms with Crippen molar-refractivity contribution in [3.8, 4) is 11.1 Å². The number of carbonyl (C=O) groups excluding carboxylic acids is 1. The summed E-state index contributed by atoms with van der Waals surface area (Å²) < 4.78 is 21.3. The molecular formula is C26H29FN4O2. The third kappa shape index (κ3) is 4.43. The Labute approximate surface area is 193 Å². The van der Waals surface area contributed by atoms with Crippen LogP contribution in [0.2, 0.25) is 0 Å². The minimum absolute atomic E-state index is 0.00774. The molecule has 0 bridgehead atoms. The summed E-state index contributed by atoms with van der Waals surface area (Å²) in [7, 11) is 0. The number of rotatable bonds is 4. The normalized spacial score (nSPS) is 21.8. The number of halogens is 1. The first-order valence-electron chi connectivity index (χ1n) is 11.6. The van der Waals surface area contributed by atoms with E-state index in [9.17, 15) is 9.18 Å². The Kier molecular flexibility index (Phi) is 6.24. The van der Waals surface area contributed by atoms with Crippen molar-refractivity contribution in [2.75, 3.05) is 26.2 Å². The summed E-state index contributed by atoms with van der Waals surface area (Å²) in [5.41, 5.74) is 3.58. The number of imidazole rings is 1. The van der Waals surface area contributed by atoms with Gasteiger partial charge in [-0.05, 0) is 48.6 Å². The van der Waals surface area contributed by atoms with E-state index in [1.165, 1.54) is 12.1 Å². The highest BCUT2D eigenvalue weighted by Gasteiger charge is 2.33. The quantitative estimate of drug-likeness (QED) is 0.658. The van der Waals surface area contributed by atoms with E-state index in [4.69, 9.17) is 4.74 Å². The molecule has 172 valence electrons. The van der Waals surface area contributed by atoms with Crippen molar-refractivity contribution in [1.82, 2.24) is 19.8 Å². The van der Waals surface area contributed by atoms with Crippen molar-refractivity contribution < 1.29 is 13.9 Å². The maximum Gasteiger partial charge on any atom is 0.272 e. The predicted molar refractivity (Wildman–Crippen MR) is 125 cm³/mol. The van der Waals surface area contributed by atoms with Gasteiger partial charge in [-0.1, -0.05) is 36.4 Å². The molecule has 0 spiro atoms. The van der Waals surface area contributed by atoms with Crippen LogP contribution in [0.4, 0.5) is 4.39 Å². The van der Waals surface area contributed by atoms with Gasteiger partial charge in [0.25, 0.3) is 5.91 Å². The molecule has 33 heavy (non-hydrogen) atoms. The molecule has 0 radical (unpaired) electrons. The van der Waals surface area contributed by atoms with Crippen LogP contribution in [0.15, 0.2) is 61.1 Å². The van der Waals surface area contributed by atoms with Crippen LogP contribution in [-0.2, 0) is 4.74 Å². The van der Waals surface area contributed by atoms with Gasteiger partial charge in [-0.2, -0.15) is 0 Å². The number of nitrogens with zero attached hydrogens (tertiary/aromatic N) is 3. The van der Waals surface area contributed by atoms with Crippen molar-refractivity contribution in [2.45, 2.75) is 38.0 Å². The molecule has 7 heteroatoms. The van der Waals surface area contributed by atoms with Gasteiger partial charge in [-0.15, -0.1) is 0 Å². The van der Waals surface area contributed by atoms with Gasteiger partial charge in [0.2, 0.25) is 0 Å². The Morgan fingerprint density at radius 1 is 1.21 bits per heavy atom. The number of amides is 1. The summed E-state index contributed by atoms with van der Waals surface area (Å²) in [6.07, 6.45) is 5.44. The van der Waals surface area contributed by atoms with E-state index in [-0.39, 0.29) is 29.9 Å². The zero-order valence-electron chi connectivity index (χ0n) is 18.8. The molecule has 3 aromatic rings. The first-order chi connectivity index (χ1) is 16.1. The lowest BCUT2D eigenvalue weighted by Gasteiger charge is -2.33. The van der Waals surface area contributed by atoms with Crippen LogP contribution in [0.25, 0.3) is 11.1 Å². The van der Waals surface area contributed by atoms with Crippen LogP contribution in [-0.4, -0.2) is 58.7 Å². The summed E-state index contributed by atoms with van der Waals surface area (Å²) in [5.74, 6) is -0.268. The lowest BCUT2D eigenvalue weighted by atomic mass is 9.95. The third-order valence-corrected chi connectivity index (χ3v) is 6.78. The highest BCUT2D eigenvalue weighted by Crippen LogP contribution is 2.31. The largest absolute Gasteiger partial charge is 0.375 e. The Hall–Kier alpha value is -3.03. The van der Waals surface area contributed by atoms with E-state index in [1.807, 2.05) is 27.7 Å². The lowest BCUT2D eigenvalue weighted by molar-refractivity contribution is -0.00749. The number of aromatic nitrogens is 2. The number of morpholine rings is 1. The molecule has 0 saturated carbocycles. The smallest absolute Gasteiger partial charge is 0.272 e. The summed E-state index contributed by atoms with van der Waals surface area (Å²) >= 11 is 0. The highest BCUT2D eigenvalue weighted by atomic mass is 19.1. The topological polar surface area (TPSA) is 59.4 Å². The standard InChI is InChI=1S/C26H29FN4O2/c1-18(21-5-2-3-6-22(21)19-8-10-20(27)11-9-19)31-17-28-15-24(31)26(32)30-13-4-7-25-23(16-30)29-12-14-33-25/h2-3,5-6,8-11,15,17-18,23,25,29H,4,7,12-14,16H2,1H3/t18-,23+,25+/m0/s1. The number of hydrogen-bond acceptors (Lipinski definition) is 4. The molecule has 3 atom stereocenters. The Morgan fingerprint density at radius 3 is 2.88 bits per heavy atom. The van der Waals surface area contributed by atoms with Crippen molar-refractivity contribution in [1.29, 1.82) is 0 Å². The maximum absolute atomic E-state index is 13.6. The molecule has 1 aromatic heterocycles. The molecule has 5 rings (SSSR count). The average molecular weight is 449 g/mol.